The van der Waals surface area contributed by atoms with Crippen LogP contribution in [0.15, 0.2) is 33.8 Å². The third-order valence-corrected chi connectivity index (χ3v) is 7.17. The van der Waals surface area contributed by atoms with Gasteiger partial charge in [-0.05, 0) is 50.3 Å². The minimum atomic E-state index is -0.515. The normalized spacial score (nSPS) is 20.2. The lowest BCUT2D eigenvalue weighted by Crippen LogP contribution is -2.33. The van der Waals surface area contributed by atoms with Gasteiger partial charge in [0.05, 0.1) is 6.54 Å². The maximum absolute atomic E-state index is 12.6. The number of thioether (sulfide) groups is 1. The maximum atomic E-state index is 12.6. The number of likely N-dealkylation sites (tertiary alicyclic amines) is 1. The number of amides is 3. The number of rotatable bonds is 7. The van der Waals surface area contributed by atoms with Crippen molar-refractivity contribution < 1.29 is 18.9 Å². The van der Waals surface area contributed by atoms with Crippen LogP contribution in [0, 0.1) is 0 Å². The summed E-state index contributed by atoms with van der Waals surface area (Å²) in [6.45, 7) is 1.94. The number of piperidine rings is 1. The van der Waals surface area contributed by atoms with E-state index in [0.717, 1.165) is 43.9 Å². The van der Waals surface area contributed by atoms with Crippen molar-refractivity contribution in [2.45, 2.75) is 56.2 Å². The van der Waals surface area contributed by atoms with Crippen LogP contribution in [-0.2, 0) is 16.1 Å². The first-order chi connectivity index (χ1) is 16.5. The number of aliphatic imine (C=N–C) groups is 1. The molecule has 11 heteroatoms. The van der Waals surface area contributed by atoms with Crippen molar-refractivity contribution in [3.05, 3.63) is 41.5 Å². The molecule has 1 saturated heterocycles. The van der Waals surface area contributed by atoms with Crippen LogP contribution in [-0.4, -0.2) is 56.3 Å². The van der Waals surface area contributed by atoms with Gasteiger partial charge in [0.15, 0.2) is 11.0 Å². The van der Waals surface area contributed by atoms with Gasteiger partial charge in [0.1, 0.15) is 5.25 Å². The second-order valence-corrected chi connectivity index (χ2v) is 9.89. The van der Waals surface area contributed by atoms with Crippen LogP contribution >= 0.6 is 11.8 Å². The molecular weight excluding hydrogens is 456 g/mol. The van der Waals surface area contributed by atoms with Gasteiger partial charge in [-0.15, -0.1) is 0 Å². The molecule has 2 aliphatic heterocycles. The highest BCUT2D eigenvalue weighted by molar-refractivity contribution is 8.15. The molecule has 1 saturated carbocycles. The molecule has 0 spiro atoms. The molecule has 3 heterocycles. The summed E-state index contributed by atoms with van der Waals surface area (Å²) in [6, 6.07) is 6.64. The highest BCUT2D eigenvalue weighted by Crippen LogP contribution is 2.38. The van der Waals surface area contributed by atoms with E-state index >= 15 is 0 Å². The van der Waals surface area contributed by atoms with Crippen molar-refractivity contribution in [2.24, 2.45) is 4.99 Å². The average molecular weight is 483 g/mol. The van der Waals surface area contributed by atoms with Gasteiger partial charge in [-0.2, -0.15) is 9.98 Å². The summed E-state index contributed by atoms with van der Waals surface area (Å²) < 4.78 is 5.17. The fourth-order valence-corrected chi connectivity index (χ4v) is 5.07. The Hall–Kier alpha value is -3.21. The van der Waals surface area contributed by atoms with Gasteiger partial charge >= 0.3 is 0 Å². The lowest BCUT2D eigenvalue weighted by atomic mass is 10.1. The van der Waals surface area contributed by atoms with Crippen LogP contribution in [0.2, 0.25) is 0 Å². The minimum absolute atomic E-state index is 0.0290. The smallest absolute Gasteiger partial charge is 0.262 e. The molecule has 178 valence electrons. The predicted molar refractivity (Wildman–Crippen MR) is 126 cm³/mol. The molecule has 2 fully saturated rings. The molecule has 1 aliphatic carbocycles. The van der Waals surface area contributed by atoms with Crippen LogP contribution < -0.4 is 10.6 Å². The Kier molecular flexibility index (Phi) is 6.61. The Morgan fingerprint density at radius 3 is 2.79 bits per heavy atom. The van der Waals surface area contributed by atoms with Gasteiger partial charge in [0.25, 0.3) is 11.8 Å². The first-order valence-electron chi connectivity index (χ1n) is 11.6. The molecule has 1 aromatic heterocycles. The van der Waals surface area contributed by atoms with Gasteiger partial charge in [0.2, 0.25) is 11.8 Å². The molecule has 1 atom stereocenters. The molecule has 10 nitrogen and oxygen atoms in total. The highest BCUT2D eigenvalue weighted by atomic mass is 32.2. The Labute approximate surface area is 200 Å². The number of amidine groups is 1. The zero-order chi connectivity index (χ0) is 23.5. The first kappa shape index (κ1) is 22.6. The second kappa shape index (κ2) is 9.96. The van der Waals surface area contributed by atoms with E-state index in [1.807, 2.05) is 0 Å². The molecule has 1 unspecified atom stereocenters. The van der Waals surface area contributed by atoms with E-state index in [1.165, 1.54) is 18.2 Å². The third kappa shape index (κ3) is 5.46. The van der Waals surface area contributed by atoms with E-state index in [0.29, 0.717) is 28.9 Å². The van der Waals surface area contributed by atoms with Gasteiger partial charge in [-0.3, -0.25) is 14.4 Å². The number of benzene rings is 1. The molecule has 1 aromatic carbocycles. The summed E-state index contributed by atoms with van der Waals surface area (Å²) in [5, 5.41) is 9.68. The standard InChI is InChI=1S/C23H26N6O4S/c30-18(12-17-22(32)27-23(34-17)29-9-2-1-3-10-29)25-16-6-4-5-15(11-16)21(31)24-13-19-26-20(28-33-19)14-7-8-14/h4-6,11,14,17H,1-3,7-10,12-13H2,(H,24,31)(H,25,30). The molecular formula is C23H26N6O4S. The van der Waals surface area contributed by atoms with Crippen LogP contribution in [0.4, 0.5) is 5.69 Å². The lowest BCUT2D eigenvalue weighted by Gasteiger charge is -2.27. The molecule has 34 heavy (non-hydrogen) atoms. The van der Waals surface area contributed by atoms with E-state index in [9.17, 15) is 14.4 Å². The summed E-state index contributed by atoms with van der Waals surface area (Å²) in [4.78, 5) is 48.0. The summed E-state index contributed by atoms with van der Waals surface area (Å²) in [6.07, 6.45) is 5.57. The summed E-state index contributed by atoms with van der Waals surface area (Å²) in [5.41, 5.74) is 0.876. The zero-order valence-electron chi connectivity index (χ0n) is 18.7. The molecule has 2 aromatic rings. The van der Waals surface area contributed by atoms with Gasteiger partial charge in [-0.1, -0.05) is 23.0 Å². The molecule has 2 N–H and O–H groups in total. The SMILES string of the molecule is O=C(CC1SC(N2CCCCC2)=NC1=O)Nc1cccc(C(=O)NCc2nc(C3CC3)no2)c1. The Bertz CT molecular complexity index is 1120. The van der Waals surface area contributed by atoms with E-state index in [4.69, 9.17) is 4.52 Å². The van der Waals surface area contributed by atoms with Gasteiger partial charge < -0.3 is 20.1 Å². The zero-order valence-corrected chi connectivity index (χ0v) is 19.5. The Morgan fingerprint density at radius 1 is 1.18 bits per heavy atom. The molecule has 0 bridgehead atoms. The van der Waals surface area contributed by atoms with Crippen molar-refractivity contribution in [3.63, 3.8) is 0 Å². The van der Waals surface area contributed by atoms with Crippen LogP contribution in [0.25, 0.3) is 0 Å². The topological polar surface area (TPSA) is 130 Å². The fraction of sp³-hybridized carbons (Fsp3) is 0.478. The van der Waals surface area contributed by atoms with Crippen LogP contribution in [0.5, 0.6) is 0 Å². The Balaban J connectivity index is 1.11. The highest BCUT2D eigenvalue weighted by Gasteiger charge is 2.33. The van der Waals surface area contributed by atoms with Gasteiger partial charge in [0, 0.05) is 36.7 Å². The van der Waals surface area contributed by atoms with Crippen LogP contribution in [0.1, 0.15) is 66.5 Å². The first-order valence-corrected chi connectivity index (χ1v) is 12.5. The summed E-state index contributed by atoms with van der Waals surface area (Å²) in [7, 11) is 0. The van der Waals surface area contributed by atoms with Crippen LogP contribution in [0.3, 0.4) is 0 Å². The third-order valence-electron chi connectivity index (χ3n) is 5.96. The molecule has 5 rings (SSSR count). The largest absolute Gasteiger partial charge is 0.351 e. The number of anilines is 1. The lowest BCUT2D eigenvalue weighted by molar-refractivity contribution is -0.121. The van der Waals surface area contributed by atoms with E-state index in [1.54, 1.807) is 24.3 Å². The number of hydrogen-bond acceptors (Lipinski definition) is 8. The number of hydrogen-bond donors (Lipinski definition) is 2. The molecule has 3 aliphatic rings. The van der Waals surface area contributed by atoms with Crippen molar-refractivity contribution in [1.29, 1.82) is 0 Å². The van der Waals surface area contributed by atoms with E-state index in [-0.39, 0.29) is 30.7 Å². The van der Waals surface area contributed by atoms with Crippen molar-refractivity contribution in [2.75, 3.05) is 18.4 Å². The van der Waals surface area contributed by atoms with E-state index in [2.05, 4.69) is 30.7 Å². The number of nitrogens with one attached hydrogen (secondary N) is 2. The number of nitrogens with zero attached hydrogens (tertiary/aromatic N) is 4. The average Bonchev–Trinajstić information content (AvgIpc) is 3.48. The number of carbonyl (C=O) groups is 3. The van der Waals surface area contributed by atoms with Crippen molar-refractivity contribution in [3.8, 4) is 0 Å². The van der Waals surface area contributed by atoms with Crippen molar-refractivity contribution in [1.82, 2.24) is 20.4 Å². The predicted octanol–water partition coefficient (Wildman–Crippen LogP) is 2.69. The van der Waals surface area contributed by atoms with Crippen molar-refractivity contribution >= 4 is 40.3 Å². The minimum Gasteiger partial charge on any atom is -0.351 e. The Morgan fingerprint density at radius 2 is 2.00 bits per heavy atom. The molecule has 3 amide bonds. The second-order valence-electron chi connectivity index (χ2n) is 8.72. The number of aromatic nitrogens is 2. The quantitative estimate of drug-likeness (QED) is 0.616. The fourth-order valence-electron chi connectivity index (χ4n) is 3.95. The van der Waals surface area contributed by atoms with E-state index < -0.39 is 5.25 Å². The summed E-state index contributed by atoms with van der Waals surface area (Å²) in [5.74, 6) is 0.570. The van der Waals surface area contributed by atoms with Gasteiger partial charge in [-0.25, -0.2) is 0 Å². The maximum Gasteiger partial charge on any atom is 0.262 e. The molecule has 0 radical (unpaired) electrons. The number of carbonyl (C=O) groups excluding carboxylic acids is 3. The monoisotopic (exact) mass is 482 g/mol. The summed E-state index contributed by atoms with van der Waals surface area (Å²) >= 11 is 1.37.